The van der Waals surface area contributed by atoms with Crippen LogP contribution in [0.25, 0.3) is 0 Å². The molecule has 0 aliphatic heterocycles. The highest BCUT2D eigenvalue weighted by Gasteiger charge is 2.14. The van der Waals surface area contributed by atoms with Crippen molar-refractivity contribution < 1.29 is 0 Å². The first-order valence-electron chi connectivity index (χ1n) is 6.74. The van der Waals surface area contributed by atoms with E-state index in [1.54, 1.807) is 0 Å². The zero-order chi connectivity index (χ0) is 14.5. The summed E-state index contributed by atoms with van der Waals surface area (Å²) < 4.78 is 0. The van der Waals surface area contributed by atoms with Crippen LogP contribution in [0.4, 0.5) is 5.82 Å². The fourth-order valence-electron chi connectivity index (χ4n) is 2.25. The average molecular weight is 277 g/mol. The molecule has 0 atom stereocenters. The summed E-state index contributed by atoms with van der Waals surface area (Å²) >= 11 is 0. The van der Waals surface area contributed by atoms with Crippen molar-refractivity contribution in [3.8, 4) is 0 Å². The molecule has 4 heteroatoms. The summed E-state index contributed by atoms with van der Waals surface area (Å²) in [4.78, 5) is 18.1. The van der Waals surface area contributed by atoms with Crippen LogP contribution in [0.15, 0.2) is 77.9 Å². The van der Waals surface area contributed by atoms with Crippen LogP contribution in [-0.4, -0.2) is 9.97 Å². The third-order valence-electron chi connectivity index (χ3n) is 3.24. The summed E-state index contributed by atoms with van der Waals surface area (Å²) in [7, 11) is 0. The Bertz CT molecular complexity index is 714. The van der Waals surface area contributed by atoms with Crippen LogP contribution in [0.5, 0.6) is 0 Å². The fourth-order valence-corrected chi connectivity index (χ4v) is 2.25. The minimum atomic E-state index is -0.174. The minimum Gasteiger partial charge on any atom is -0.359 e. The molecule has 0 radical (unpaired) electrons. The van der Waals surface area contributed by atoms with Crippen molar-refractivity contribution in [2.24, 2.45) is 0 Å². The van der Waals surface area contributed by atoms with Gasteiger partial charge in [-0.2, -0.15) is 0 Å². The van der Waals surface area contributed by atoms with Gasteiger partial charge in [-0.1, -0.05) is 60.7 Å². The van der Waals surface area contributed by atoms with Gasteiger partial charge in [-0.15, -0.1) is 0 Å². The van der Waals surface area contributed by atoms with Gasteiger partial charge in [-0.05, 0) is 11.1 Å². The van der Waals surface area contributed by atoms with Crippen molar-refractivity contribution >= 4 is 5.82 Å². The smallest absolute Gasteiger partial charge is 0.252 e. The Morgan fingerprint density at radius 3 is 2.00 bits per heavy atom. The van der Waals surface area contributed by atoms with Gasteiger partial charge in [0, 0.05) is 6.07 Å². The Kier molecular flexibility index (Phi) is 3.78. The molecule has 0 saturated heterocycles. The second-order valence-electron chi connectivity index (χ2n) is 4.70. The number of hydrogen-bond acceptors (Lipinski definition) is 3. The Labute approximate surface area is 122 Å². The Hall–Kier alpha value is -2.88. The number of anilines is 1. The van der Waals surface area contributed by atoms with Crippen LogP contribution in [0, 0.1) is 0 Å². The second-order valence-corrected chi connectivity index (χ2v) is 4.70. The number of hydrogen-bond donors (Lipinski definition) is 2. The molecule has 0 unspecified atom stereocenters. The molecule has 0 fully saturated rings. The van der Waals surface area contributed by atoms with Crippen LogP contribution >= 0.6 is 0 Å². The maximum Gasteiger partial charge on any atom is 0.252 e. The van der Waals surface area contributed by atoms with Gasteiger partial charge in [0.25, 0.3) is 5.56 Å². The predicted octanol–water partition coefficient (Wildman–Crippen LogP) is 2.97. The van der Waals surface area contributed by atoms with Crippen molar-refractivity contribution in [3.63, 3.8) is 0 Å². The molecule has 104 valence electrons. The molecule has 0 spiro atoms. The Balaban J connectivity index is 1.99. The molecule has 21 heavy (non-hydrogen) atoms. The van der Waals surface area contributed by atoms with Gasteiger partial charge in [0.2, 0.25) is 0 Å². The molecule has 2 aromatic carbocycles. The first kappa shape index (κ1) is 13.1. The highest BCUT2D eigenvalue weighted by Crippen LogP contribution is 2.25. The fraction of sp³-hybridized carbons (Fsp3) is 0.0588. The first-order chi connectivity index (χ1) is 10.3. The molecule has 0 aliphatic carbocycles. The van der Waals surface area contributed by atoms with Gasteiger partial charge < -0.3 is 10.3 Å². The van der Waals surface area contributed by atoms with Crippen molar-refractivity contribution in [1.82, 2.24) is 9.97 Å². The lowest BCUT2D eigenvalue weighted by molar-refractivity contribution is 0.919. The lowest BCUT2D eigenvalue weighted by Crippen LogP contribution is -2.15. The van der Waals surface area contributed by atoms with E-state index < -0.39 is 0 Å². The number of H-pyrrole nitrogens is 1. The molecule has 1 heterocycles. The maximum atomic E-state index is 11.4. The van der Waals surface area contributed by atoms with E-state index in [1.807, 2.05) is 36.4 Å². The normalized spacial score (nSPS) is 10.5. The Morgan fingerprint density at radius 2 is 1.48 bits per heavy atom. The molecular weight excluding hydrogens is 262 g/mol. The Morgan fingerprint density at radius 1 is 0.905 bits per heavy atom. The molecule has 0 saturated carbocycles. The van der Waals surface area contributed by atoms with E-state index >= 15 is 0 Å². The monoisotopic (exact) mass is 277 g/mol. The second kappa shape index (κ2) is 6.05. The van der Waals surface area contributed by atoms with Gasteiger partial charge in [-0.25, -0.2) is 4.98 Å². The van der Waals surface area contributed by atoms with Crippen molar-refractivity contribution in [2.75, 3.05) is 5.32 Å². The molecule has 2 N–H and O–H groups in total. The molecule has 1 aromatic heterocycles. The van der Waals surface area contributed by atoms with Crippen LogP contribution in [0.2, 0.25) is 0 Å². The zero-order valence-electron chi connectivity index (χ0n) is 11.4. The van der Waals surface area contributed by atoms with E-state index in [-0.39, 0.29) is 11.6 Å². The standard InChI is InChI=1S/C17H15N3O/c21-16-11-15(18-12-19-16)20-17(13-7-3-1-4-8-13)14-9-5-2-6-10-14/h1-12,17H,(H2,18,19,20,21). The summed E-state index contributed by atoms with van der Waals surface area (Å²) in [6.45, 7) is 0. The third kappa shape index (κ3) is 3.17. The molecule has 3 rings (SSSR count). The lowest BCUT2D eigenvalue weighted by atomic mass is 9.99. The van der Waals surface area contributed by atoms with E-state index in [0.717, 1.165) is 11.1 Å². The van der Waals surface area contributed by atoms with E-state index in [9.17, 15) is 4.79 Å². The van der Waals surface area contributed by atoms with Gasteiger partial charge in [0.05, 0.1) is 12.4 Å². The summed E-state index contributed by atoms with van der Waals surface area (Å²) in [6.07, 6.45) is 1.40. The van der Waals surface area contributed by atoms with Gasteiger partial charge >= 0.3 is 0 Å². The van der Waals surface area contributed by atoms with Crippen molar-refractivity contribution in [3.05, 3.63) is 94.5 Å². The molecule has 0 bridgehead atoms. The first-order valence-corrected chi connectivity index (χ1v) is 6.74. The van der Waals surface area contributed by atoms with E-state index in [1.165, 1.54) is 12.4 Å². The third-order valence-corrected chi connectivity index (χ3v) is 3.24. The highest BCUT2D eigenvalue weighted by atomic mass is 16.1. The van der Waals surface area contributed by atoms with Crippen molar-refractivity contribution in [1.29, 1.82) is 0 Å². The molecule has 4 nitrogen and oxygen atoms in total. The van der Waals surface area contributed by atoms with Gasteiger partial charge in [-0.3, -0.25) is 4.79 Å². The van der Waals surface area contributed by atoms with Crippen LogP contribution in [0.1, 0.15) is 17.2 Å². The summed E-state index contributed by atoms with van der Waals surface area (Å²) in [6, 6.07) is 21.6. The molecule has 0 aliphatic rings. The number of aromatic amines is 1. The number of rotatable bonds is 4. The molecular formula is C17H15N3O. The maximum absolute atomic E-state index is 11.4. The number of benzene rings is 2. The van der Waals surface area contributed by atoms with Crippen molar-refractivity contribution in [2.45, 2.75) is 6.04 Å². The quantitative estimate of drug-likeness (QED) is 0.770. The van der Waals surface area contributed by atoms with E-state index in [0.29, 0.717) is 5.82 Å². The molecule has 3 aromatic rings. The highest BCUT2D eigenvalue weighted by molar-refractivity contribution is 5.43. The van der Waals surface area contributed by atoms with Crippen LogP contribution in [-0.2, 0) is 0 Å². The lowest BCUT2D eigenvalue weighted by Gasteiger charge is -2.20. The summed E-state index contributed by atoms with van der Waals surface area (Å²) in [5.74, 6) is 0.552. The van der Waals surface area contributed by atoms with Gasteiger partial charge in [0.15, 0.2) is 0 Å². The average Bonchev–Trinajstić information content (AvgIpc) is 2.54. The predicted molar refractivity (Wildman–Crippen MR) is 83.2 cm³/mol. The SMILES string of the molecule is O=c1cc(NC(c2ccccc2)c2ccccc2)nc[nH]1. The topological polar surface area (TPSA) is 57.8 Å². The van der Waals surface area contributed by atoms with Crippen LogP contribution < -0.4 is 10.9 Å². The minimum absolute atomic E-state index is 0.0540. The number of nitrogens with zero attached hydrogens (tertiary/aromatic N) is 1. The molecule has 0 amide bonds. The van der Waals surface area contributed by atoms with E-state index in [4.69, 9.17) is 0 Å². The van der Waals surface area contributed by atoms with Crippen LogP contribution in [0.3, 0.4) is 0 Å². The largest absolute Gasteiger partial charge is 0.359 e. The van der Waals surface area contributed by atoms with E-state index in [2.05, 4.69) is 39.6 Å². The zero-order valence-corrected chi connectivity index (χ0v) is 11.4. The summed E-state index contributed by atoms with van der Waals surface area (Å²) in [5.41, 5.74) is 2.06. The number of nitrogens with one attached hydrogen (secondary N) is 2. The number of aromatic nitrogens is 2. The van der Waals surface area contributed by atoms with Gasteiger partial charge in [0.1, 0.15) is 5.82 Å². The summed E-state index contributed by atoms with van der Waals surface area (Å²) in [5, 5.41) is 3.32.